The van der Waals surface area contributed by atoms with E-state index in [2.05, 4.69) is 10.2 Å². The number of hydrogen-bond acceptors (Lipinski definition) is 6. The third kappa shape index (κ3) is 5.53. The smallest absolute Gasteiger partial charge is 0.220 e. The Morgan fingerprint density at radius 1 is 1.12 bits per heavy atom. The fraction of sp³-hybridized carbons (Fsp3) is 0.480. The summed E-state index contributed by atoms with van der Waals surface area (Å²) in [4.78, 5) is 15.1. The van der Waals surface area contributed by atoms with E-state index in [1.165, 1.54) is 0 Å². The van der Waals surface area contributed by atoms with E-state index in [0.717, 1.165) is 37.2 Å². The van der Waals surface area contributed by atoms with Crippen LogP contribution in [0.3, 0.4) is 0 Å². The number of methoxy groups -OCH3 is 1. The van der Waals surface area contributed by atoms with E-state index in [0.29, 0.717) is 49.7 Å². The first-order valence-electron chi connectivity index (χ1n) is 11.4. The monoisotopic (exact) mass is 440 g/mol. The van der Waals surface area contributed by atoms with Crippen LogP contribution in [0.4, 0.5) is 0 Å². The SMILES string of the molecule is COc1ccccc1CCC(=O)NC(CN1CCCC1)C(O)c1ccc2c(c1)OCCO2. The molecule has 0 aliphatic carbocycles. The van der Waals surface area contributed by atoms with Gasteiger partial charge in [-0.3, -0.25) is 4.79 Å². The van der Waals surface area contributed by atoms with Crippen molar-refractivity contribution < 1.29 is 24.1 Å². The van der Waals surface area contributed by atoms with Crippen LogP contribution in [0.15, 0.2) is 42.5 Å². The van der Waals surface area contributed by atoms with Gasteiger partial charge in [-0.15, -0.1) is 0 Å². The molecule has 0 spiro atoms. The number of aliphatic hydroxyl groups excluding tert-OH is 1. The quantitative estimate of drug-likeness (QED) is 0.624. The van der Waals surface area contributed by atoms with Gasteiger partial charge in [0.1, 0.15) is 25.1 Å². The molecule has 0 saturated carbocycles. The number of nitrogens with one attached hydrogen (secondary N) is 1. The number of fused-ring (bicyclic) bond motifs is 1. The molecule has 0 aromatic heterocycles. The molecule has 7 nitrogen and oxygen atoms in total. The van der Waals surface area contributed by atoms with Crippen LogP contribution < -0.4 is 19.5 Å². The van der Waals surface area contributed by atoms with Crippen molar-refractivity contribution in [1.82, 2.24) is 10.2 Å². The second kappa shape index (κ2) is 10.7. The van der Waals surface area contributed by atoms with Crippen LogP contribution in [0.5, 0.6) is 17.2 Å². The highest BCUT2D eigenvalue weighted by molar-refractivity contribution is 5.76. The molecule has 2 aliphatic heterocycles. The number of para-hydroxylation sites is 1. The molecule has 2 heterocycles. The summed E-state index contributed by atoms with van der Waals surface area (Å²) in [7, 11) is 1.63. The first-order valence-corrected chi connectivity index (χ1v) is 11.4. The Hall–Kier alpha value is -2.77. The Labute approximate surface area is 189 Å². The van der Waals surface area contributed by atoms with Crippen molar-refractivity contribution in [1.29, 1.82) is 0 Å². The lowest BCUT2D eigenvalue weighted by atomic mass is 10.00. The molecule has 2 aliphatic rings. The van der Waals surface area contributed by atoms with Crippen molar-refractivity contribution in [2.75, 3.05) is 40.0 Å². The van der Waals surface area contributed by atoms with Gasteiger partial charge in [0.15, 0.2) is 11.5 Å². The lowest BCUT2D eigenvalue weighted by Gasteiger charge is -2.29. The van der Waals surface area contributed by atoms with E-state index in [1.54, 1.807) is 7.11 Å². The van der Waals surface area contributed by atoms with Gasteiger partial charge in [0, 0.05) is 13.0 Å². The minimum atomic E-state index is -0.846. The maximum absolute atomic E-state index is 12.8. The topological polar surface area (TPSA) is 80.3 Å². The van der Waals surface area contributed by atoms with Crippen molar-refractivity contribution in [3.63, 3.8) is 0 Å². The molecule has 0 radical (unpaired) electrons. The van der Waals surface area contributed by atoms with Crippen LogP contribution in [0, 0.1) is 0 Å². The summed E-state index contributed by atoms with van der Waals surface area (Å²) in [5, 5.41) is 14.3. The minimum absolute atomic E-state index is 0.0864. The number of likely N-dealkylation sites (tertiary alicyclic amines) is 1. The number of carbonyl (C=O) groups excluding carboxylic acids is 1. The van der Waals surface area contributed by atoms with Gasteiger partial charge < -0.3 is 29.5 Å². The lowest BCUT2D eigenvalue weighted by molar-refractivity contribution is -0.122. The second-order valence-corrected chi connectivity index (χ2v) is 8.34. The summed E-state index contributed by atoms with van der Waals surface area (Å²) in [5.74, 6) is 2.02. The number of carbonyl (C=O) groups is 1. The molecule has 172 valence electrons. The number of amides is 1. The highest BCUT2D eigenvalue weighted by Gasteiger charge is 2.27. The molecule has 2 aromatic rings. The number of benzene rings is 2. The summed E-state index contributed by atoms with van der Waals surface area (Å²) in [6, 6.07) is 12.8. The van der Waals surface area contributed by atoms with E-state index >= 15 is 0 Å². The molecule has 2 N–H and O–H groups in total. The zero-order chi connectivity index (χ0) is 22.3. The van der Waals surface area contributed by atoms with Crippen LogP contribution >= 0.6 is 0 Å². The summed E-state index contributed by atoms with van der Waals surface area (Å²) in [5.41, 5.74) is 1.71. The predicted molar refractivity (Wildman–Crippen MR) is 121 cm³/mol. The highest BCUT2D eigenvalue weighted by Crippen LogP contribution is 2.33. The van der Waals surface area contributed by atoms with Gasteiger partial charge >= 0.3 is 0 Å². The molecule has 1 saturated heterocycles. The molecule has 4 rings (SSSR count). The molecule has 2 atom stereocenters. The summed E-state index contributed by atoms with van der Waals surface area (Å²) >= 11 is 0. The fourth-order valence-corrected chi connectivity index (χ4v) is 4.38. The van der Waals surface area contributed by atoms with Crippen molar-refractivity contribution in [2.45, 2.75) is 37.8 Å². The first kappa shape index (κ1) is 22.4. The van der Waals surface area contributed by atoms with Crippen molar-refractivity contribution in [3.05, 3.63) is 53.6 Å². The second-order valence-electron chi connectivity index (χ2n) is 8.34. The third-order valence-corrected chi connectivity index (χ3v) is 6.10. The van der Waals surface area contributed by atoms with Gasteiger partial charge in [0.25, 0.3) is 0 Å². The molecule has 2 aromatic carbocycles. The Kier molecular flexibility index (Phi) is 7.50. The van der Waals surface area contributed by atoms with E-state index < -0.39 is 12.1 Å². The summed E-state index contributed by atoms with van der Waals surface area (Å²) in [6.45, 7) is 3.59. The van der Waals surface area contributed by atoms with Crippen LogP contribution in [-0.2, 0) is 11.2 Å². The molecule has 7 heteroatoms. The number of hydrogen-bond donors (Lipinski definition) is 2. The van der Waals surface area contributed by atoms with Gasteiger partial charge in [-0.2, -0.15) is 0 Å². The van der Waals surface area contributed by atoms with E-state index in [9.17, 15) is 9.90 Å². The molecule has 32 heavy (non-hydrogen) atoms. The molecule has 1 fully saturated rings. The van der Waals surface area contributed by atoms with Gasteiger partial charge in [-0.25, -0.2) is 0 Å². The Morgan fingerprint density at radius 2 is 1.88 bits per heavy atom. The zero-order valence-electron chi connectivity index (χ0n) is 18.6. The standard InChI is InChI=1S/C25H32N2O5/c1-30-21-7-3-2-6-18(21)9-11-24(28)26-20(17-27-12-4-5-13-27)25(29)19-8-10-22-23(16-19)32-15-14-31-22/h2-3,6-8,10,16,20,25,29H,4-5,9,11-15,17H2,1H3,(H,26,28). The van der Waals surface area contributed by atoms with E-state index in [4.69, 9.17) is 14.2 Å². The highest BCUT2D eigenvalue weighted by atomic mass is 16.6. The van der Waals surface area contributed by atoms with E-state index in [-0.39, 0.29) is 5.91 Å². The number of ether oxygens (including phenoxy) is 3. The van der Waals surface area contributed by atoms with Crippen molar-refractivity contribution in [2.24, 2.45) is 0 Å². The third-order valence-electron chi connectivity index (χ3n) is 6.10. The number of rotatable bonds is 9. The maximum Gasteiger partial charge on any atom is 0.220 e. The van der Waals surface area contributed by atoms with Gasteiger partial charge in [-0.1, -0.05) is 24.3 Å². The minimum Gasteiger partial charge on any atom is -0.496 e. The average Bonchev–Trinajstić information content (AvgIpc) is 3.35. The van der Waals surface area contributed by atoms with E-state index in [1.807, 2.05) is 42.5 Å². The zero-order valence-corrected chi connectivity index (χ0v) is 18.6. The van der Waals surface area contributed by atoms with Crippen molar-refractivity contribution >= 4 is 5.91 Å². The Bertz CT molecular complexity index is 913. The number of aliphatic hydroxyl groups is 1. The van der Waals surface area contributed by atoms with Crippen LogP contribution in [0.2, 0.25) is 0 Å². The summed E-state index contributed by atoms with van der Waals surface area (Å²) < 4.78 is 16.6. The lowest BCUT2D eigenvalue weighted by Crippen LogP contribution is -2.46. The molecular weight excluding hydrogens is 408 g/mol. The maximum atomic E-state index is 12.8. The predicted octanol–water partition coefficient (Wildman–Crippen LogP) is 2.71. The average molecular weight is 441 g/mol. The van der Waals surface area contributed by atoms with Crippen molar-refractivity contribution in [3.8, 4) is 17.2 Å². The van der Waals surface area contributed by atoms with Crippen LogP contribution in [0.25, 0.3) is 0 Å². The van der Waals surface area contributed by atoms with Gasteiger partial charge in [-0.05, 0) is 61.7 Å². The van der Waals surface area contributed by atoms with Crippen LogP contribution in [0.1, 0.15) is 36.5 Å². The number of aryl methyl sites for hydroxylation is 1. The molecule has 1 amide bonds. The van der Waals surface area contributed by atoms with Gasteiger partial charge in [0.05, 0.1) is 13.2 Å². The number of nitrogens with zero attached hydrogens (tertiary/aromatic N) is 1. The fourth-order valence-electron chi connectivity index (χ4n) is 4.38. The largest absolute Gasteiger partial charge is 0.496 e. The molecule has 0 bridgehead atoms. The molecular formula is C25H32N2O5. The van der Waals surface area contributed by atoms with Crippen LogP contribution in [-0.4, -0.2) is 61.9 Å². The first-order chi connectivity index (χ1) is 15.6. The summed E-state index contributed by atoms with van der Waals surface area (Å²) in [6.07, 6.45) is 2.35. The Balaban J connectivity index is 1.44. The Morgan fingerprint density at radius 3 is 2.66 bits per heavy atom. The molecule has 2 unspecified atom stereocenters. The van der Waals surface area contributed by atoms with Gasteiger partial charge in [0.2, 0.25) is 5.91 Å². The normalized spacial score (nSPS) is 17.6.